The van der Waals surface area contributed by atoms with Crippen LogP contribution in [0.3, 0.4) is 0 Å². The minimum Gasteiger partial charge on any atom is -0.450 e. The fraction of sp³-hybridized carbons (Fsp3) is 0.300. The third-order valence-corrected chi connectivity index (χ3v) is 3.38. The van der Waals surface area contributed by atoms with E-state index in [1.807, 2.05) is 0 Å². The Balaban J connectivity index is 3.12. The molecule has 0 unspecified atom stereocenters. The van der Waals surface area contributed by atoms with E-state index in [-0.39, 0.29) is 12.3 Å². The van der Waals surface area contributed by atoms with Crippen LogP contribution < -0.4 is 5.32 Å². The first kappa shape index (κ1) is 14.4. The summed E-state index contributed by atoms with van der Waals surface area (Å²) in [5, 5.41) is 2.10. The SMILES string of the molecule is CCOC(=O)Nc1ccccc1S(=O)(=O)C(F)F. The van der Waals surface area contributed by atoms with Gasteiger partial charge < -0.3 is 4.74 Å². The van der Waals surface area contributed by atoms with Crippen LogP contribution in [0.1, 0.15) is 6.92 Å². The summed E-state index contributed by atoms with van der Waals surface area (Å²) < 4.78 is 52.1. The van der Waals surface area contributed by atoms with Crippen molar-refractivity contribution in [2.45, 2.75) is 17.6 Å². The van der Waals surface area contributed by atoms with Gasteiger partial charge in [0.2, 0.25) is 9.84 Å². The van der Waals surface area contributed by atoms with Crippen molar-refractivity contribution in [1.82, 2.24) is 0 Å². The molecule has 0 bridgehead atoms. The molecule has 1 N–H and O–H groups in total. The second-order valence-electron chi connectivity index (χ2n) is 3.15. The Kier molecular flexibility index (Phi) is 4.60. The number of amides is 1. The van der Waals surface area contributed by atoms with E-state index in [1.54, 1.807) is 6.92 Å². The first-order chi connectivity index (χ1) is 8.39. The van der Waals surface area contributed by atoms with Crippen LogP contribution in [0.2, 0.25) is 0 Å². The van der Waals surface area contributed by atoms with Gasteiger partial charge in [-0.25, -0.2) is 13.2 Å². The van der Waals surface area contributed by atoms with Gasteiger partial charge in [-0.2, -0.15) is 8.78 Å². The highest BCUT2D eigenvalue weighted by Gasteiger charge is 2.29. The van der Waals surface area contributed by atoms with E-state index >= 15 is 0 Å². The number of hydrogen-bond donors (Lipinski definition) is 1. The molecule has 1 aromatic carbocycles. The molecular formula is C10H11F2NO4S. The molecular weight excluding hydrogens is 268 g/mol. The predicted molar refractivity (Wildman–Crippen MR) is 60.3 cm³/mol. The van der Waals surface area contributed by atoms with Gasteiger partial charge in [0.15, 0.2) is 0 Å². The molecule has 0 aliphatic carbocycles. The van der Waals surface area contributed by atoms with Gasteiger partial charge in [-0.05, 0) is 19.1 Å². The minimum atomic E-state index is -4.77. The van der Waals surface area contributed by atoms with Crippen LogP contribution in [0.5, 0.6) is 0 Å². The lowest BCUT2D eigenvalue weighted by molar-refractivity contribution is 0.168. The highest BCUT2D eigenvalue weighted by Crippen LogP contribution is 2.26. The second kappa shape index (κ2) is 5.76. The third kappa shape index (κ3) is 3.16. The normalized spacial score (nSPS) is 11.3. The summed E-state index contributed by atoms with van der Waals surface area (Å²) in [5.74, 6) is -3.55. The number of para-hydroxylation sites is 1. The van der Waals surface area contributed by atoms with Gasteiger partial charge in [-0.3, -0.25) is 5.32 Å². The lowest BCUT2D eigenvalue weighted by Crippen LogP contribution is -2.18. The van der Waals surface area contributed by atoms with E-state index in [9.17, 15) is 22.0 Å². The van der Waals surface area contributed by atoms with E-state index in [1.165, 1.54) is 18.2 Å². The van der Waals surface area contributed by atoms with E-state index in [4.69, 9.17) is 0 Å². The fourth-order valence-electron chi connectivity index (χ4n) is 1.19. The second-order valence-corrected chi connectivity index (χ2v) is 5.03. The average molecular weight is 279 g/mol. The summed E-state index contributed by atoms with van der Waals surface area (Å²) in [6.45, 7) is 1.64. The van der Waals surface area contributed by atoms with Crippen molar-refractivity contribution in [3.05, 3.63) is 24.3 Å². The summed E-state index contributed by atoms with van der Waals surface area (Å²) in [7, 11) is -4.77. The fourth-order valence-corrected chi connectivity index (χ4v) is 2.08. The van der Waals surface area contributed by atoms with Crippen molar-refractivity contribution in [3.63, 3.8) is 0 Å². The van der Waals surface area contributed by atoms with Gasteiger partial charge in [0.05, 0.1) is 17.2 Å². The van der Waals surface area contributed by atoms with Crippen LogP contribution in [0, 0.1) is 0 Å². The standard InChI is InChI=1S/C10H11F2NO4S/c1-2-17-10(14)13-7-5-3-4-6-8(7)18(15,16)9(11)12/h3-6,9H,2H2,1H3,(H,13,14). The Morgan fingerprint density at radius 1 is 1.39 bits per heavy atom. The summed E-state index contributed by atoms with van der Waals surface area (Å²) in [5.41, 5.74) is -0.240. The number of carbonyl (C=O) groups is 1. The highest BCUT2D eigenvalue weighted by atomic mass is 32.2. The Morgan fingerprint density at radius 2 is 2.00 bits per heavy atom. The molecule has 0 aliphatic heterocycles. The maximum Gasteiger partial charge on any atom is 0.411 e. The Hall–Kier alpha value is -1.70. The molecule has 18 heavy (non-hydrogen) atoms. The molecule has 0 fully saturated rings. The zero-order chi connectivity index (χ0) is 13.8. The smallest absolute Gasteiger partial charge is 0.411 e. The average Bonchev–Trinajstić information content (AvgIpc) is 2.29. The number of carbonyl (C=O) groups excluding carboxylic acids is 1. The van der Waals surface area contributed by atoms with E-state index in [2.05, 4.69) is 10.1 Å². The number of benzene rings is 1. The molecule has 0 aliphatic rings. The van der Waals surface area contributed by atoms with Crippen LogP contribution in [-0.4, -0.2) is 26.9 Å². The maximum absolute atomic E-state index is 12.4. The Bertz CT molecular complexity index is 530. The van der Waals surface area contributed by atoms with Crippen molar-refractivity contribution >= 4 is 21.6 Å². The number of ether oxygens (including phenoxy) is 1. The molecule has 1 rings (SSSR count). The van der Waals surface area contributed by atoms with Crippen molar-refractivity contribution in [1.29, 1.82) is 0 Å². The Morgan fingerprint density at radius 3 is 2.56 bits per heavy atom. The number of anilines is 1. The molecule has 0 atom stereocenters. The minimum absolute atomic E-state index is 0.0790. The van der Waals surface area contributed by atoms with Crippen LogP contribution in [0.4, 0.5) is 19.3 Å². The zero-order valence-corrected chi connectivity index (χ0v) is 10.2. The predicted octanol–water partition coefficient (Wildman–Crippen LogP) is 2.25. The van der Waals surface area contributed by atoms with Crippen molar-refractivity contribution in [2.24, 2.45) is 0 Å². The molecule has 100 valence electrons. The molecule has 5 nitrogen and oxygen atoms in total. The van der Waals surface area contributed by atoms with Gasteiger partial charge in [0.25, 0.3) is 0 Å². The van der Waals surface area contributed by atoms with Crippen molar-refractivity contribution < 1.29 is 26.7 Å². The molecule has 0 radical (unpaired) electrons. The van der Waals surface area contributed by atoms with Crippen LogP contribution in [-0.2, 0) is 14.6 Å². The number of alkyl halides is 2. The molecule has 1 aromatic rings. The van der Waals surface area contributed by atoms with Gasteiger partial charge in [0.1, 0.15) is 0 Å². The lowest BCUT2D eigenvalue weighted by Gasteiger charge is -2.10. The topological polar surface area (TPSA) is 72.5 Å². The summed E-state index contributed by atoms with van der Waals surface area (Å²) in [6.07, 6.45) is -0.908. The van der Waals surface area contributed by atoms with Gasteiger partial charge >= 0.3 is 11.9 Å². The largest absolute Gasteiger partial charge is 0.450 e. The first-order valence-corrected chi connectivity index (χ1v) is 6.49. The number of nitrogens with one attached hydrogen (secondary N) is 1. The van der Waals surface area contributed by atoms with Crippen LogP contribution in [0.25, 0.3) is 0 Å². The van der Waals surface area contributed by atoms with Crippen molar-refractivity contribution in [2.75, 3.05) is 11.9 Å². The van der Waals surface area contributed by atoms with E-state index in [0.717, 1.165) is 6.07 Å². The molecule has 0 saturated heterocycles. The number of halogens is 2. The quantitative estimate of drug-likeness (QED) is 0.917. The highest BCUT2D eigenvalue weighted by molar-refractivity contribution is 7.91. The monoisotopic (exact) mass is 279 g/mol. The van der Waals surface area contributed by atoms with Crippen LogP contribution >= 0.6 is 0 Å². The number of sulfone groups is 1. The van der Waals surface area contributed by atoms with Gasteiger partial charge in [-0.15, -0.1) is 0 Å². The Labute approximate surface area is 103 Å². The zero-order valence-electron chi connectivity index (χ0n) is 9.39. The summed E-state index contributed by atoms with van der Waals surface area (Å²) in [4.78, 5) is 10.5. The maximum atomic E-state index is 12.4. The van der Waals surface area contributed by atoms with E-state index in [0.29, 0.717) is 0 Å². The summed E-state index contributed by atoms with van der Waals surface area (Å²) in [6, 6.07) is 4.88. The molecule has 8 heteroatoms. The third-order valence-electron chi connectivity index (χ3n) is 1.94. The molecule has 0 heterocycles. The molecule has 0 spiro atoms. The van der Waals surface area contributed by atoms with E-state index < -0.39 is 26.6 Å². The summed E-state index contributed by atoms with van der Waals surface area (Å²) >= 11 is 0. The molecule has 1 amide bonds. The van der Waals surface area contributed by atoms with Crippen LogP contribution in [0.15, 0.2) is 29.2 Å². The van der Waals surface area contributed by atoms with Gasteiger partial charge in [0, 0.05) is 0 Å². The lowest BCUT2D eigenvalue weighted by atomic mass is 10.3. The van der Waals surface area contributed by atoms with Gasteiger partial charge in [-0.1, -0.05) is 12.1 Å². The number of hydrogen-bond acceptors (Lipinski definition) is 4. The first-order valence-electron chi connectivity index (χ1n) is 4.94. The molecule has 0 saturated carbocycles. The molecule has 0 aromatic heterocycles. The number of rotatable bonds is 4. The van der Waals surface area contributed by atoms with Crippen molar-refractivity contribution in [3.8, 4) is 0 Å².